The number of nitrogens with one attached hydrogen (secondary N) is 1. The van der Waals surface area contributed by atoms with Crippen LogP contribution in [0.4, 0.5) is 0 Å². The van der Waals surface area contributed by atoms with Crippen LogP contribution in [0.1, 0.15) is 13.3 Å². The number of hydrogen-bond acceptors (Lipinski definition) is 5. The van der Waals surface area contributed by atoms with E-state index in [1.165, 1.54) is 16.7 Å². The fraction of sp³-hybridized carbons (Fsp3) is 0.400. The average molecular weight is 322 g/mol. The Balaban J connectivity index is 1.97. The minimum Gasteiger partial charge on any atom is -0.497 e. The quantitative estimate of drug-likeness (QED) is 0.626. The second-order valence-electron chi connectivity index (χ2n) is 4.78. The number of thioether (sulfide) groups is 1. The summed E-state index contributed by atoms with van der Waals surface area (Å²) in [5.41, 5.74) is 0. The SMILES string of the molecule is CCN(C(=O)CSc1cccc(OC)c1)[C@H]1CC(=O)NC1=O. The van der Waals surface area contributed by atoms with Gasteiger partial charge in [0.25, 0.3) is 0 Å². The number of carbonyl (C=O) groups excluding carboxylic acids is 3. The smallest absolute Gasteiger partial charge is 0.249 e. The van der Waals surface area contributed by atoms with E-state index in [1.54, 1.807) is 14.0 Å². The van der Waals surface area contributed by atoms with Gasteiger partial charge in [0.15, 0.2) is 0 Å². The molecule has 0 aromatic heterocycles. The number of ether oxygens (including phenoxy) is 1. The van der Waals surface area contributed by atoms with Gasteiger partial charge in [0, 0.05) is 11.4 Å². The molecule has 0 spiro atoms. The third-order valence-corrected chi connectivity index (χ3v) is 4.36. The minimum atomic E-state index is -0.684. The predicted octanol–water partition coefficient (Wildman–Crippen LogP) is 1.05. The Labute approximate surface area is 133 Å². The van der Waals surface area contributed by atoms with E-state index >= 15 is 0 Å². The Bertz CT molecular complexity index is 591. The highest BCUT2D eigenvalue weighted by Crippen LogP contribution is 2.23. The molecule has 0 bridgehead atoms. The van der Waals surface area contributed by atoms with Gasteiger partial charge in [-0.2, -0.15) is 0 Å². The van der Waals surface area contributed by atoms with E-state index in [0.717, 1.165) is 10.6 Å². The van der Waals surface area contributed by atoms with Gasteiger partial charge in [-0.25, -0.2) is 0 Å². The molecule has 1 aliphatic rings. The molecule has 0 unspecified atom stereocenters. The lowest BCUT2D eigenvalue weighted by molar-refractivity contribution is -0.136. The number of nitrogens with zero attached hydrogens (tertiary/aromatic N) is 1. The fourth-order valence-corrected chi connectivity index (χ4v) is 3.11. The number of rotatable bonds is 6. The first-order valence-electron chi connectivity index (χ1n) is 6.95. The molecule has 1 aromatic carbocycles. The number of benzene rings is 1. The Morgan fingerprint density at radius 2 is 2.23 bits per heavy atom. The van der Waals surface area contributed by atoms with E-state index in [9.17, 15) is 14.4 Å². The fourth-order valence-electron chi connectivity index (χ4n) is 2.28. The first-order valence-corrected chi connectivity index (χ1v) is 7.93. The molecule has 118 valence electrons. The molecule has 0 radical (unpaired) electrons. The van der Waals surface area contributed by atoms with E-state index in [1.807, 2.05) is 24.3 Å². The van der Waals surface area contributed by atoms with Crippen molar-refractivity contribution < 1.29 is 19.1 Å². The molecule has 0 saturated carbocycles. The largest absolute Gasteiger partial charge is 0.497 e. The molecule has 7 heteroatoms. The van der Waals surface area contributed by atoms with Crippen molar-refractivity contribution in [3.05, 3.63) is 24.3 Å². The van der Waals surface area contributed by atoms with Crippen molar-refractivity contribution in [3.8, 4) is 5.75 Å². The lowest BCUT2D eigenvalue weighted by atomic mass is 10.2. The average Bonchev–Trinajstić information content (AvgIpc) is 2.85. The number of carbonyl (C=O) groups is 3. The standard InChI is InChI=1S/C15H18N2O4S/c1-3-17(12-8-13(18)16-15(12)20)14(19)9-22-11-6-4-5-10(7-11)21-2/h4-7,12H,3,8-9H2,1-2H3,(H,16,18,20)/t12-/m0/s1. The molecular weight excluding hydrogens is 304 g/mol. The van der Waals surface area contributed by atoms with Gasteiger partial charge < -0.3 is 9.64 Å². The Hall–Kier alpha value is -2.02. The van der Waals surface area contributed by atoms with Gasteiger partial charge in [0.05, 0.1) is 19.3 Å². The molecule has 3 amide bonds. The van der Waals surface area contributed by atoms with Crippen molar-refractivity contribution in [2.45, 2.75) is 24.3 Å². The number of imide groups is 1. The second-order valence-corrected chi connectivity index (χ2v) is 5.83. The summed E-state index contributed by atoms with van der Waals surface area (Å²) in [4.78, 5) is 37.7. The molecular formula is C15H18N2O4S. The van der Waals surface area contributed by atoms with Crippen molar-refractivity contribution in [1.29, 1.82) is 0 Å². The lowest BCUT2D eigenvalue weighted by Crippen LogP contribution is -2.45. The van der Waals surface area contributed by atoms with Crippen molar-refractivity contribution in [1.82, 2.24) is 10.2 Å². The summed E-state index contributed by atoms with van der Waals surface area (Å²) in [5, 5.41) is 2.23. The topological polar surface area (TPSA) is 75.7 Å². The van der Waals surface area contributed by atoms with Gasteiger partial charge in [0.2, 0.25) is 17.7 Å². The molecule has 1 N–H and O–H groups in total. The van der Waals surface area contributed by atoms with Crippen molar-refractivity contribution in [2.75, 3.05) is 19.4 Å². The third-order valence-electron chi connectivity index (χ3n) is 3.38. The van der Waals surface area contributed by atoms with Crippen LogP contribution in [0.2, 0.25) is 0 Å². The predicted molar refractivity (Wildman–Crippen MR) is 82.7 cm³/mol. The molecule has 1 aliphatic heterocycles. The molecule has 1 saturated heterocycles. The summed E-state index contributed by atoms with van der Waals surface area (Å²) in [6, 6.07) is 6.74. The number of hydrogen-bond donors (Lipinski definition) is 1. The molecule has 6 nitrogen and oxygen atoms in total. The van der Waals surface area contributed by atoms with Gasteiger partial charge in [0.1, 0.15) is 11.8 Å². The van der Waals surface area contributed by atoms with E-state index in [2.05, 4.69) is 5.32 Å². The maximum absolute atomic E-state index is 12.3. The van der Waals surface area contributed by atoms with Gasteiger partial charge in [-0.3, -0.25) is 19.7 Å². The summed E-state index contributed by atoms with van der Waals surface area (Å²) < 4.78 is 5.14. The summed E-state index contributed by atoms with van der Waals surface area (Å²) in [6.45, 7) is 2.19. The van der Waals surface area contributed by atoms with Crippen LogP contribution in [-0.2, 0) is 14.4 Å². The first-order chi connectivity index (χ1) is 10.5. The van der Waals surface area contributed by atoms with Crippen LogP contribution in [0.3, 0.4) is 0 Å². The van der Waals surface area contributed by atoms with Crippen LogP contribution in [0.5, 0.6) is 5.75 Å². The number of methoxy groups -OCH3 is 1. The third kappa shape index (κ3) is 3.79. The Morgan fingerprint density at radius 3 is 2.82 bits per heavy atom. The second kappa shape index (κ2) is 7.31. The minimum absolute atomic E-state index is 0.0439. The lowest BCUT2D eigenvalue weighted by Gasteiger charge is -2.25. The molecule has 0 aliphatic carbocycles. The van der Waals surface area contributed by atoms with E-state index in [0.29, 0.717) is 6.54 Å². The zero-order valence-electron chi connectivity index (χ0n) is 12.5. The van der Waals surface area contributed by atoms with Gasteiger partial charge in [-0.05, 0) is 25.1 Å². The van der Waals surface area contributed by atoms with Gasteiger partial charge in [-0.1, -0.05) is 6.07 Å². The first kappa shape index (κ1) is 16.4. The van der Waals surface area contributed by atoms with Crippen LogP contribution in [0.15, 0.2) is 29.2 Å². The van der Waals surface area contributed by atoms with Crippen molar-refractivity contribution >= 4 is 29.5 Å². The summed E-state index contributed by atoms with van der Waals surface area (Å²) in [7, 11) is 1.59. The number of likely N-dealkylation sites (N-methyl/N-ethyl adjacent to an activating group) is 1. The zero-order chi connectivity index (χ0) is 16.1. The highest BCUT2D eigenvalue weighted by molar-refractivity contribution is 8.00. The monoisotopic (exact) mass is 322 g/mol. The highest BCUT2D eigenvalue weighted by atomic mass is 32.2. The summed E-state index contributed by atoms with van der Waals surface area (Å²) >= 11 is 1.37. The summed E-state index contributed by atoms with van der Waals surface area (Å²) in [5.74, 6) is 0.0444. The summed E-state index contributed by atoms with van der Waals surface area (Å²) in [6.07, 6.45) is 0.0439. The van der Waals surface area contributed by atoms with Crippen LogP contribution in [0.25, 0.3) is 0 Å². The molecule has 1 fully saturated rings. The van der Waals surface area contributed by atoms with Crippen LogP contribution in [-0.4, -0.2) is 48.1 Å². The molecule has 2 rings (SSSR count). The van der Waals surface area contributed by atoms with E-state index in [-0.39, 0.29) is 24.0 Å². The molecule has 22 heavy (non-hydrogen) atoms. The maximum Gasteiger partial charge on any atom is 0.249 e. The number of amides is 3. The molecule has 1 atom stereocenters. The molecule has 1 aromatic rings. The molecule has 1 heterocycles. The highest BCUT2D eigenvalue weighted by Gasteiger charge is 2.36. The maximum atomic E-state index is 12.3. The van der Waals surface area contributed by atoms with Crippen molar-refractivity contribution in [3.63, 3.8) is 0 Å². The van der Waals surface area contributed by atoms with E-state index < -0.39 is 11.9 Å². The van der Waals surface area contributed by atoms with E-state index in [4.69, 9.17) is 4.74 Å². The normalized spacial score (nSPS) is 17.3. The zero-order valence-corrected chi connectivity index (χ0v) is 13.3. The van der Waals surface area contributed by atoms with Crippen molar-refractivity contribution in [2.24, 2.45) is 0 Å². The van der Waals surface area contributed by atoms with Crippen LogP contribution < -0.4 is 10.1 Å². The Kier molecular flexibility index (Phi) is 5.43. The van der Waals surface area contributed by atoms with Crippen LogP contribution >= 0.6 is 11.8 Å². The van der Waals surface area contributed by atoms with Gasteiger partial charge >= 0.3 is 0 Å². The van der Waals surface area contributed by atoms with Gasteiger partial charge in [-0.15, -0.1) is 11.8 Å². The van der Waals surface area contributed by atoms with Crippen LogP contribution in [0, 0.1) is 0 Å². The Morgan fingerprint density at radius 1 is 1.45 bits per heavy atom.